The summed E-state index contributed by atoms with van der Waals surface area (Å²) in [5.41, 5.74) is 2.88. The third-order valence-electron chi connectivity index (χ3n) is 5.57. The molecule has 0 aromatic heterocycles. The zero-order valence-electron chi connectivity index (χ0n) is 19.2. The first-order valence-electron chi connectivity index (χ1n) is 11.0. The lowest BCUT2D eigenvalue weighted by atomic mass is 10.1. The Morgan fingerprint density at radius 2 is 1.67 bits per heavy atom. The summed E-state index contributed by atoms with van der Waals surface area (Å²) in [4.78, 5) is 49.9. The van der Waals surface area contributed by atoms with E-state index >= 15 is 0 Å². The molecule has 8 nitrogen and oxygen atoms in total. The molecule has 1 aliphatic heterocycles. The van der Waals surface area contributed by atoms with Gasteiger partial charge in [-0.15, -0.1) is 0 Å². The molecule has 0 radical (unpaired) electrons. The maximum atomic E-state index is 13.1. The summed E-state index contributed by atoms with van der Waals surface area (Å²) in [6, 6.07) is 17.8. The molecule has 9 heteroatoms. The van der Waals surface area contributed by atoms with Gasteiger partial charge in [0, 0.05) is 0 Å². The molecule has 0 bridgehead atoms. The average Bonchev–Trinajstić information content (AvgIpc) is 2.86. The van der Waals surface area contributed by atoms with Crippen LogP contribution in [0.15, 0.2) is 72.3 Å². The van der Waals surface area contributed by atoms with Crippen molar-refractivity contribution in [2.75, 3.05) is 4.90 Å². The lowest BCUT2D eigenvalue weighted by Crippen LogP contribution is -2.54. The van der Waals surface area contributed by atoms with E-state index in [2.05, 4.69) is 27.9 Å². The van der Waals surface area contributed by atoms with Crippen molar-refractivity contribution in [1.29, 1.82) is 0 Å². The molecule has 0 atom stereocenters. The van der Waals surface area contributed by atoms with Crippen LogP contribution in [-0.4, -0.2) is 28.9 Å². The van der Waals surface area contributed by atoms with E-state index in [1.54, 1.807) is 42.5 Å². The van der Waals surface area contributed by atoms with Crippen LogP contribution in [0, 0.1) is 3.57 Å². The predicted molar refractivity (Wildman–Crippen MR) is 142 cm³/mol. The largest absolute Gasteiger partial charge is 0.488 e. The number of barbiturate groups is 1. The number of benzene rings is 3. The van der Waals surface area contributed by atoms with Gasteiger partial charge in [-0.2, -0.15) is 0 Å². The van der Waals surface area contributed by atoms with Gasteiger partial charge in [0.2, 0.25) is 0 Å². The summed E-state index contributed by atoms with van der Waals surface area (Å²) in [6.07, 6.45) is 2.26. The van der Waals surface area contributed by atoms with Gasteiger partial charge in [-0.3, -0.25) is 14.9 Å². The number of carbonyl (C=O) groups is 4. The topological polar surface area (TPSA) is 113 Å². The number of carboxylic acid groups (broad SMARTS) is 1. The first kappa shape index (κ1) is 25.1. The molecule has 36 heavy (non-hydrogen) atoms. The van der Waals surface area contributed by atoms with Crippen molar-refractivity contribution in [2.24, 2.45) is 0 Å². The Bertz CT molecular complexity index is 1380. The van der Waals surface area contributed by atoms with E-state index in [-0.39, 0.29) is 17.7 Å². The van der Waals surface area contributed by atoms with Crippen molar-refractivity contribution in [2.45, 2.75) is 20.0 Å². The fraction of sp³-hybridized carbons (Fsp3) is 0.111. The quantitative estimate of drug-likeness (QED) is 0.230. The molecular formula is C27H21IN2O6. The van der Waals surface area contributed by atoms with E-state index in [1.165, 1.54) is 18.2 Å². The molecule has 0 spiro atoms. The van der Waals surface area contributed by atoms with Crippen LogP contribution in [0.3, 0.4) is 0 Å². The summed E-state index contributed by atoms with van der Waals surface area (Å²) >= 11 is 2.09. The number of hydrogen-bond acceptors (Lipinski definition) is 5. The summed E-state index contributed by atoms with van der Waals surface area (Å²) in [6.45, 7) is 2.24. The van der Waals surface area contributed by atoms with Gasteiger partial charge in [0.05, 0.1) is 14.8 Å². The summed E-state index contributed by atoms with van der Waals surface area (Å²) in [7, 11) is 0. The summed E-state index contributed by atoms with van der Waals surface area (Å²) in [5.74, 6) is -1.86. The van der Waals surface area contributed by atoms with Crippen LogP contribution >= 0.6 is 22.6 Å². The van der Waals surface area contributed by atoms with Crippen LogP contribution in [0.1, 0.15) is 34.0 Å². The van der Waals surface area contributed by atoms with E-state index in [4.69, 9.17) is 9.84 Å². The lowest BCUT2D eigenvalue weighted by Gasteiger charge is -2.26. The number of hydrogen-bond donors (Lipinski definition) is 2. The molecule has 0 saturated carbocycles. The average molecular weight is 596 g/mol. The maximum Gasteiger partial charge on any atom is 0.335 e. The number of aromatic carboxylic acids is 1. The Labute approximate surface area is 220 Å². The van der Waals surface area contributed by atoms with Gasteiger partial charge in [0.1, 0.15) is 17.9 Å². The number of imide groups is 2. The minimum Gasteiger partial charge on any atom is -0.488 e. The Morgan fingerprint density at radius 3 is 2.28 bits per heavy atom. The number of aryl methyl sites for hydroxylation is 1. The molecule has 1 fully saturated rings. The molecule has 4 rings (SSSR count). The number of anilines is 1. The highest BCUT2D eigenvalue weighted by molar-refractivity contribution is 14.1. The molecule has 1 aliphatic rings. The minimum absolute atomic E-state index is 0.155. The Balaban J connectivity index is 1.52. The number of carbonyl (C=O) groups excluding carboxylic acids is 3. The number of nitrogens with zero attached hydrogens (tertiary/aromatic N) is 1. The number of amides is 4. The zero-order chi connectivity index (χ0) is 25.8. The van der Waals surface area contributed by atoms with E-state index in [0.29, 0.717) is 17.0 Å². The third kappa shape index (κ3) is 5.46. The molecule has 4 amide bonds. The van der Waals surface area contributed by atoms with Gasteiger partial charge in [-0.05, 0) is 88.2 Å². The van der Waals surface area contributed by atoms with Gasteiger partial charge in [0.15, 0.2) is 0 Å². The summed E-state index contributed by atoms with van der Waals surface area (Å²) in [5, 5.41) is 11.2. The first-order valence-corrected chi connectivity index (χ1v) is 12.1. The van der Waals surface area contributed by atoms with Gasteiger partial charge in [-0.25, -0.2) is 14.5 Å². The second kappa shape index (κ2) is 10.7. The molecule has 1 saturated heterocycles. The van der Waals surface area contributed by atoms with Crippen LogP contribution in [0.25, 0.3) is 6.08 Å². The van der Waals surface area contributed by atoms with E-state index < -0.39 is 23.8 Å². The van der Waals surface area contributed by atoms with Gasteiger partial charge in [0.25, 0.3) is 11.8 Å². The van der Waals surface area contributed by atoms with Crippen molar-refractivity contribution in [3.63, 3.8) is 0 Å². The molecule has 1 heterocycles. The maximum absolute atomic E-state index is 13.1. The van der Waals surface area contributed by atoms with Crippen LogP contribution in [0.4, 0.5) is 10.5 Å². The van der Waals surface area contributed by atoms with Crippen LogP contribution in [0.5, 0.6) is 5.75 Å². The molecular weight excluding hydrogens is 575 g/mol. The Hall–Kier alpha value is -3.99. The Kier molecular flexibility index (Phi) is 7.49. The highest BCUT2D eigenvalue weighted by atomic mass is 127. The highest BCUT2D eigenvalue weighted by Gasteiger charge is 2.36. The van der Waals surface area contributed by atoms with E-state index in [9.17, 15) is 19.2 Å². The molecule has 182 valence electrons. The standard InChI is InChI=1S/C27H21IN2O6/c1-2-16-5-10-20(11-6-16)30-25(32)21(24(31)29-27(30)35)13-18-7-12-23(22(28)14-18)36-15-17-3-8-19(9-4-17)26(33)34/h3-14H,2,15H2,1H3,(H,33,34)(H,29,31,35)/b21-13-. The van der Waals surface area contributed by atoms with Crippen molar-refractivity contribution in [1.82, 2.24) is 5.32 Å². The minimum atomic E-state index is -0.992. The van der Waals surface area contributed by atoms with Crippen molar-refractivity contribution in [3.05, 3.63) is 98.1 Å². The van der Waals surface area contributed by atoms with E-state index in [1.807, 2.05) is 19.1 Å². The second-order valence-electron chi connectivity index (χ2n) is 7.96. The second-order valence-corrected chi connectivity index (χ2v) is 9.12. The molecule has 2 N–H and O–H groups in total. The highest BCUT2D eigenvalue weighted by Crippen LogP contribution is 2.26. The molecule has 0 unspecified atom stereocenters. The van der Waals surface area contributed by atoms with Gasteiger partial charge >= 0.3 is 12.0 Å². The van der Waals surface area contributed by atoms with Crippen molar-refractivity contribution >= 4 is 58.2 Å². The van der Waals surface area contributed by atoms with Crippen LogP contribution < -0.4 is 15.0 Å². The predicted octanol–water partition coefficient (Wildman–Crippen LogP) is 4.80. The summed E-state index contributed by atoms with van der Waals surface area (Å²) < 4.78 is 6.59. The number of halogens is 1. The molecule has 3 aromatic carbocycles. The number of ether oxygens (including phenoxy) is 1. The third-order valence-corrected chi connectivity index (χ3v) is 6.41. The fourth-order valence-corrected chi connectivity index (χ4v) is 4.26. The van der Waals surface area contributed by atoms with Crippen molar-refractivity contribution < 1.29 is 29.0 Å². The van der Waals surface area contributed by atoms with Crippen LogP contribution in [0.2, 0.25) is 0 Å². The zero-order valence-corrected chi connectivity index (χ0v) is 21.3. The molecule has 3 aromatic rings. The number of nitrogens with one attached hydrogen (secondary N) is 1. The SMILES string of the molecule is CCc1ccc(N2C(=O)NC(=O)/C(=C/c3ccc(OCc4ccc(C(=O)O)cc4)c(I)c3)C2=O)cc1. The van der Waals surface area contributed by atoms with Crippen LogP contribution in [-0.2, 0) is 22.6 Å². The monoisotopic (exact) mass is 596 g/mol. The first-order chi connectivity index (χ1) is 17.3. The van der Waals surface area contributed by atoms with Crippen molar-refractivity contribution in [3.8, 4) is 5.75 Å². The van der Waals surface area contributed by atoms with E-state index in [0.717, 1.165) is 26.0 Å². The van der Waals surface area contributed by atoms with Gasteiger partial charge in [-0.1, -0.05) is 37.3 Å². The van der Waals surface area contributed by atoms with Gasteiger partial charge < -0.3 is 9.84 Å². The number of rotatable bonds is 7. The fourth-order valence-electron chi connectivity index (χ4n) is 3.57. The number of carboxylic acids is 1. The normalized spacial score (nSPS) is 14.7. The smallest absolute Gasteiger partial charge is 0.335 e. The lowest BCUT2D eigenvalue weighted by molar-refractivity contribution is -0.122. The Morgan fingerprint density at radius 1 is 1.00 bits per heavy atom. The molecule has 0 aliphatic carbocycles. The number of urea groups is 1.